The molecule has 1 aromatic rings. The number of aryl methyl sites for hydroxylation is 1. The molecule has 2 heteroatoms. The molecule has 64 valence electrons. The molecule has 0 spiro atoms. The van der Waals surface area contributed by atoms with Crippen molar-refractivity contribution < 1.29 is 4.74 Å². The van der Waals surface area contributed by atoms with E-state index in [4.69, 9.17) is 10.1 Å². The molecule has 0 amide bonds. The Morgan fingerprint density at radius 1 is 1.42 bits per heavy atom. The SMILES string of the molecule is COc1ccc(C(C)=N)c(C)c1. The summed E-state index contributed by atoms with van der Waals surface area (Å²) in [7, 11) is 1.64. The fraction of sp³-hybridized carbons (Fsp3) is 0.300. The second-order valence-corrected chi connectivity index (χ2v) is 2.81. The number of ether oxygens (including phenoxy) is 1. The van der Waals surface area contributed by atoms with E-state index in [0.717, 1.165) is 16.9 Å². The maximum absolute atomic E-state index is 7.46. The fourth-order valence-corrected chi connectivity index (χ4v) is 1.18. The third-order valence-corrected chi connectivity index (χ3v) is 1.84. The Balaban J connectivity index is 3.12. The van der Waals surface area contributed by atoms with Crippen LogP contribution in [0.25, 0.3) is 0 Å². The monoisotopic (exact) mass is 163 g/mol. The van der Waals surface area contributed by atoms with Crippen molar-refractivity contribution in [1.29, 1.82) is 5.41 Å². The second kappa shape index (κ2) is 3.39. The molecule has 0 fully saturated rings. The summed E-state index contributed by atoms with van der Waals surface area (Å²) in [5, 5.41) is 7.46. The van der Waals surface area contributed by atoms with Gasteiger partial charge in [-0.25, -0.2) is 0 Å². The standard InChI is InChI=1S/C10H13NO/c1-7-6-9(12-3)4-5-10(7)8(2)11/h4-6,11H,1-3H3. The molecule has 1 aromatic carbocycles. The molecule has 0 bridgehead atoms. The Morgan fingerprint density at radius 3 is 2.50 bits per heavy atom. The summed E-state index contributed by atoms with van der Waals surface area (Å²) in [6.07, 6.45) is 0. The molecular weight excluding hydrogens is 150 g/mol. The van der Waals surface area contributed by atoms with Gasteiger partial charge in [0.15, 0.2) is 0 Å². The quantitative estimate of drug-likeness (QED) is 0.667. The molecule has 0 aliphatic heterocycles. The Bertz CT molecular complexity index is 305. The van der Waals surface area contributed by atoms with E-state index in [9.17, 15) is 0 Å². The smallest absolute Gasteiger partial charge is 0.119 e. The maximum Gasteiger partial charge on any atom is 0.119 e. The molecule has 2 nitrogen and oxygen atoms in total. The predicted octanol–water partition coefficient (Wildman–Crippen LogP) is 2.39. The largest absolute Gasteiger partial charge is 0.497 e. The van der Waals surface area contributed by atoms with Gasteiger partial charge in [0.05, 0.1) is 7.11 Å². The van der Waals surface area contributed by atoms with Gasteiger partial charge in [-0.2, -0.15) is 0 Å². The van der Waals surface area contributed by atoms with Gasteiger partial charge in [0.25, 0.3) is 0 Å². The number of nitrogens with one attached hydrogen (secondary N) is 1. The fourth-order valence-electron chi connectivity index (χ4n) is 1.18. The summed E-state index contributed by atoms with van der Waals surface area (Å²) >= 11 is 0. The van der Waals surface area contributed by atoms with Gasteiger partial charge >= 0.3 is 0 Å². The lowest BCUT2D eigenvalue weighted by Gasteiger charge is -2.05. The van der Waals surface area contributed by atoms with Crippen molar-refractivity contribution >= 4 is 5.71 Å². The average molecular weight is 163 g/mol. The van der Waals surface area contributed by atoms with Crippen LogP contribution in [0.4, 0.5) is 0 Å². The first-order chi connectivity index (χ1) is 5.65. The molecule has 0 atom stereocenters. The zero-order chi connectivity index (χ0) is 9.14. The molecule has 1 N–H and O–H groups in total. The molecule has 0 aliphatic rings. The van der Waals surface area contributed by atoms with Crippen molar-refractivity contribution in [1.82, 2.24) is 0 Å². The first-order valence-corrected chi connectivity index (χ1v) is 3.85. The van der Waals surface area contributed by atoms with Crippen molar-refractivity contribution in [2.24, 2.45) is 0 Å². The highest BCUT2D eigenvalue weighted by atomic mass is 16.5. The lowest BCUT2D eigenvalue weighted by molar-refractivity contribution is 0.414. The van der Waals surface area contributed by atoms with E-state index >= 15 is 0 Å². The summed E-state index contributed by atoms with van der Waals surface area (Å²) in [6.45, 7) is 3.77. The Morgan fingerprint density at radius 2 is 2.08 bits per heavy atom. The third kappa shape index (κ3) is 1.64. The normalized spacial score (nSPS) is 9.58. The van der Waals surface area contributed by atoms with Crippen molar-refractivity contribution in [3.05, 3.63) is 29.3 Å². The molecular formula is C10H13NO. The van der Waals surface area contributed by atoms with Crippen LogP contribution in [0.15, 0.2) is 18.2 Å². The van der Waals surface area contributed by atoms with Crippen LogP contribution in [0.2, 0.25) is 0 Å². The minimum absolute atomic E-state index is 0.593. The van der Waals surface area contributed by atoms with Crippen LogP contribution in [0.5, 0.6) is 5.75 Å². The summed E-state index contributed by atoms with van der Waals surface area (Å²) in [5.74, 6) is 0.845. The van der Waals surface area contributed by atoms with Gasteiger partial charge in [-0.05, 0) is 43.2 Å². The summed E-state index contributed by atoms with van der Waals surface area (Å²) in [5.41, 5.74) is 2.66. The van der Waals surface area contributed by atoms with Gasteiger partial charge < -0.3 is 10.1 Å². The minimum Gasteiger partial charge on any atom is -0.497 e. The number of benzene rings is 1. The van der Waals surface area contributed by atoms with Crippen LogP contribution in [0.1, 0.15) is 18.1 Å². The molecule has 0 aromatic heterocycles. The molecule has 0 heterocycles. The topological polar surface area (TPSA) is 33.1 Å². The number of rotatable bonds is 2. The van der Waals surface area contributed by atoms with Crippen molar-refractivity contribution in [3.8, 4) is 5.75 Å². The van der Waals surface area contributed by atoms with Gasteiger partial charge in [-0.15, -0.1) is 0 Å². The minimum atomic E-state index is 0.593. The number of hydrogen-bond donors (Lipinski definition) is 1. The summed E-state index contributed by atoms with van der Waals surface area (Å²) in [4.78, 5) is 0. The molecule has 0 unspecified atom stereocenters. The van der Waals surface area contributed by atoms with E-state index < -0.39 is 0 Å². The summed E-state index contributed by atoms with van der Waals surface area (Å²) < 4.78 is 5.06. The van der Waals surface area contributed by atoms with Crippen LogP contribution < -0.4 is 4.74 Å². The third-order valence-electron chi connectivity index (χ3n) is 1.84. The lowest BCUT2D eigenvalue weighted by atomic mass is 10.1. The Kier molecular flexibility index (Phi) is 2.48. The van der Waals surface area contributed by atoms with Crippen LogP contribution in [-0.2, 0) is 0 Å². The highest BCUT2D eigenvalue weighted by molar-refractivity contribution is 5.97. The Hall–Kier alpha value is -1.31. The van der Waals surface area contributed by atoms with E-state index in [-0.39, 0.29) is 0 Å². The van der Waals surface area contributed by atoms with E-state index in [0.29, 0.717) is 5.71 Å². The van der Waals surface area contributed by atoms with Gasteiger partial charge in [0.2, 0.25) is 0 Å². The van der Waals surface area contributed by atoms with Gasteiger partial charge in [0.1, 0.15) is 5.75 Å². The van der Waals surface area contributed by atoms with Crippen molar-refractivity contribution in [3.63, 3.8) is 0 Å². The molecule has 0 saturated heterocycles. The van der Waals surface area contributed by atoms with E-state index in [2.05, 4.69) is 0 Å². The van der Waals surface area contributed by atoms with Gasteiger partial charge in [-0.1, -0.05) is 0 Å². The summed E-state index contributed by atoms with van der Waals surface area (Å²) in [6, 6.07) is 5.73. The maximum atomic E-state index is 7.46. The number of methoxy groups -OCH3 is 1. The van der Waals surface area contributed by atoms with Crippen LogP contribution in [0.3, 0.4) is 0 Å². The highest BCUT2D eigenvalue weighted by Crippen LogP contribution is 2.16. The van der Waals surface area contributed by atoms with Gasteiger partial charge in [-0.3, -0.25) is 0 Å². The first-order valence-electron chi connectivity index (χ1n) is 3.85. The lowest BCUT2D eigenvalue weighted by Crippen LogP contribution is -1.96. The second-order valence-electron chi connectivity index (χ2n) is 2.81. The molecule has 0 aliphatic carbocycles. The first kappa shape index (κ1) is 8.78. The van der Waals surface area contributed by atoms with Crippen LogP contribution >= 0.6 is 0 Å². The van der Waals surface area contributed by atoms with Gasteiger partial charge in [0, 0.05) is 5.71 Å². The number of hydrogen-bond acceptors (Lipinski definition) is 2. The highest BCUT2D eigenvalue weighted by Gasteiger charge is 2.00. The van der Waals surface area contributed by atoms with Crippen molar-refractivity contribution in [2.45, 2.75) is 13.8 Å². The zero-order valence-electron chi connectivity index (χ0n) is 7.64. The van der Waals surface area contributed by atoms with Crippen molar-refractivity contribution in [2.75, 3.05) is 7.11 Å². The van der Waals surface area contributed by atoms with E-state index in [1.165, 1.54) is 0 Å². The van der Waals surface area contributed by atoms with Crippen LogP contribution in [0, 0.1) is 12.3 Å². The van der Waals surface area contributed by atoms with Crippen LogP contribution in [-0.4, -0.2) is 12.8 Å². The molecule has 0 saturated carbocycles. The Labute approximate surface area is 72.7 Å². The molecule has 12 heavy (non-hydrogen) atoms. The predicted molar refractivity (Wildman–Crippen MR) is 50.2 cm³/mol. The van der Waals surface area contributed by atoms with E-state index in [1.54, 1.807) is 14.0 Å². The average Bonchev–Trinajstić information content (AvgIpc) is 2.03. The zero-order valence-corrected chi connectivity index (χ0v) is 7.64. The molecule has 0 radical (unpaired) electrons. The van der Waals surface area contributed by atoms with E-state index in [1.807, 2.05) is 25.1 Å². The molecule has 1 rings (SSSR count).